The first-order valence-electron chi connectivity index (χ1n) is 12.6. The molecule has 1 aliphatic heterocycles. The lowest BCUT2D eigenvalue weighted by atomic mass is 9.87. The average Bonchev–Trinajstić information content (AvgIpc) is 3.55. The lowest BCUT2D eigenvalue weighted by Gasteiger charge is -2.24. The number of carbonyl (C=O) groups excluding carboxylic acids is 2. The number of esters is 2. The van der Waals surface area contributed by atoms with Crippen LogP contribution < -0.4 is 20.1 Å². The SMILES string of the molecule is COC(=O)c1ccccc1OP(=O)(N[C@@H](C)C(=O)OC)OC[C@@H]1C[C@@](C)(C#N)[C@H](n2cnc3c(OC)nc(N)nc32)O1. The molecule has 1 fully saturated rings. The van der Waals surface area contributed by atoms with Gasteiger partial charge in [-0.1, -0.05) is 12.1 Å². The number of fused-ring (bicyclic) bond motifs is 1. The third kappa shape index (κ3) is 6.14. The second kappa shape index (κ2) is 12.3. The Morgan fingerprint density at radius 1 is 1.29 bits per heavy atom. The van der Waals surface area contributed by atoms with Gasteiger partial charge >= 0.3 is 19.7 Å². The summed E-state index contributed by atoms with van der Waals surface area (Å²) in [6.45, 7) is 2.75. The number of nitrogen functional groups attached to an aromatic ring is 1. The summed E-state index contributed by atoms with van der Waals surface area (Å²) < 4.78 is 47.9. The van der Waals surface area contributed by atoms with Crippen LogP contribution in [0.25, 0.3) is 11.2 Å². The number of hydrogen-bond donors (Lipinski definition) is 2. The fourth-order valence-corrected chi connectivity index (χ4v) is 5.98. The van der Waals surface area contributed by atoms with E-state index in [1.807, 2.05) is 0 Å². The molecule has 2 aromatic heterocycles. The number of methoxy groups -OCH3 is 3. The number of rotatable bonds is 11. The van der Waals surface area contributed by atoms with Crippen molar-refractivity contribution in [2.75, 3.05) is 33.7 Å². The second-order valence-electron chi connectivity index (χ2n) is 9.51. The fraction of sp³-hybridized carbons (Fsp3) is 0.440. The minimum atomic E-state index is -4.37. The van der Waals surface area contributed by atoms with Gasteiger partial charge in [0.25, 0.3) is 0 Å². The van der Waals surface area contributed by atoms with Crippen molar-refractivity contribution < 1.29 is 42.1 Å². The predicted octanol–water partition coefficient (Wildman–Crippen LogP) is 2.38. The highest BCUT2D eigenvalue weighted by Gasteiger charge is 2.48. The van der Waals surface area contributed by atoms with Crippen LogP contribution in [0.5, 0.6) is 11.6 Å². The molecular weight excluding hydrogens is 573 g/mol. The molecule has 16 nitrogen and oxygen atoms in total. The van der Waals surface area contributed by atoms with Crippen LogP contribution in [0, 0.1) is 16.7 Å². The van der Waals surface area contributed by atoms with Crippen LogP contribution >= 0.6 is 7.75 Å². The molecule has 1 unspecified atom stereocenters. The third-order valence-corrected chi connectivity index (χ3v) is 8.10. The van der Waals surface area contributed by atoms with E-state index in [1.54, 1.807) is 23.6 Å². The third-order valence-electron chi connectivity index (χ3n) is 6.47. The van der Waals surface area contributed by atoms with Crippen LogP contribution in [0.3, 0.4) is 0 Å². The first-order chi connectivity index (χ1) is 20.0. The summed E-state index contributed by atoms with van der Waals surface area (Å²) in [6, 6.07) is 7.09. The molecule has 3 heterocycles. The molecule has 0 aliphatic carbocycles. The molecule has 3 N–H and O–H groups in total. The number of nitrogens with zero attached hydrogens (tertiary/aromatic N) is 5. The topological polar surface area (TPSA) is 212 Å². The number of imidazole rings is 1. The zero-order valence-electron chi connectivity index (χ0n) is 23.5. The summed E-state index contributed by atoms with van der Waals surface area (Å²) in [5, 5.41) is 12.6. The Kier molecular flexibility index (Phi) is 8.97. The van der Waals surface area contributed by atoms with Crippen molar-refractivity contribution in [1.29, 1.82) is 5.26 Å². The Bertz CT molecular complexity index is 1580. The first kappa shape index (κ1) is 30.7. The number of benzene rings is 1. The second-order valence-corrected chi connectivity index (χ2v) is 11.2. The van der Waals surface area contributed by atoms with E-state index >= 15 is 0 Å². The Balaban J connectivity index is 1.61. The molecule has 42 heavy (non-hydrogen) atoms. The van der Waals surface area contributed by atoms with Gasteiger partial charge in [-0.3, -0.25) is 13.9 Å². The van der Waals surface area contributed by atoms with Gasteiger partial charge in [0.15, 0.2) is 17.4 Å². The van der Waals surface area contributed by atoms with E-state index in [4.69, 9.17) is 33.7 Å². The lowest BCUT2D eigenvalue weighted by Crippen LogP contribution is -2.35. The van der Waals surface area contributed by atoms with E-state index in [2.05, 4.69) is 26.1 Å². The Morgan fingerprint density at radius 3 is 2.69 bits per heavy atom. The summed E-state index contributed by atoms with van der Waals surface area (Å²) in [7, 11) is -0.603. The maximum atomic E-state index is 14.0. The van der Waals surface area contributed by atoms with Crippen molar-refractivity contribution >= 4 is 36.8 Å². The highest BCUT2D eigenvalue weighted by Crippen LogP contribution is 2.50. The Hall–Kier alpha value is -4.29. The van der Waals surface area contributed by atoms with Crippen molar-refractivity contribution in [3.8, 4) is 17.7 Å². The van der Waals surface area contributed by atoms with Crippen molar-refractivity contribution in [3.63, 3.8) is 0 Å². The lowest BCUT2D eigenvalue weighted by molar-refractivity contribution is -0.142. The monoisotopic (exact) mass is 603 g/mol. The number of nitrogens with two attached hydrogens (primary N) is 1. The molecule has 0 amide bonds. The molecule has 0 spiro atoms. The molecule has 17 heteroatoms. The van der Waals surface area contributed by atoms with Crippen molar-refractivity contribution in [3.05, 3.63) is 36.2 Å². The van der Waals surface area contributed by atoms with Gasteiger partial charge in [-0.15, -0.1) is 0 Å². The molecule has 0 saturated carbocycles. The largest absolute Gasteiger partial charge is 0.479 e. The maximum Gasteiger partial charge on any atom is 0.459 e. The Morgan fingerprint density at radius 2 is 2.02 bits per heavy atom. The molecule has 3 aromatic rings. The van der Waals surface area contributed by atoms with Crippen molar-refractivity contribution in [1.82, 2.24) is 24.6 Å². The van der Waals surface area contributed by atoms with Gasteiger partial charge in [0.1, 0.15) is 22.8 Å². The van der Waals surface area contributed by atoms with Gasteiger partial charge in [-0.25, -0.2) is 14.3 Å². The summed E-state index contributed by atoms with van der Waals surface area (Å²) in [5.74, 6) is -1.49. The number of carbonyl (C=O) groups is 2. The van der Waals surface area contributed by atoms with E-state index in [1.165, 1.54) is 46.7 Å². The van der Waals surface area contributed by atoms with Crippen LogP contribution in [-0.2, 0) is 28.1 Å². The van der Waals surface area contributed by atoms with E-state index in [0.717, 1.165) is 0 Å². The van der Waals surface area contributed by atoms with E-state index in [0.29, 0.717) is 5.52 Å². The standard InChI is InChI=1S/C25H30N7O9P/c1-14(21(33)37-4)31-42(35,41-17-9-7-6-8-16(17)22(34)38-5)39-11-15-10-25(2,12-26)23(40-15)32-13-28-18-19(32)29-24(27)30-20(18)36-3/h6-9,13-15,23H,10-11H2,1-5H3,(H,31,35)(H2,27,29,30)/t14-,15-,23+,25-,42?/m0/s1. The molecule has 1 aliphatic rings. The highest BCUT2D eigenvalue weighted by atomic mass is 31.2. The molecule has 1 saturated heterocycles. The van der Waals surface area contributed by atoms with Crippen LogP contribution in [0.4, 0.5) is 5.95 Å². The normalized spacial score (nSPS) is 22.1. The van der Waals surface area contributed by atoms with Gasteiger partial charge in [0.2, 0.25) is 11.8 Å². The average molecular weight is 604 g/mol. The number of aromatic nitrogens is 4. The van der Waals surface area contributed by atoms with Crippen LogP contribution in [0.15, 0.2) is 30.6 Å². The number of para-hydroxylation sites is 1. The molecule has 4 rings (SSSR count). The summed E-state index contributed by atoms with van der Waals surface area (Å²) >= 11 is 0. The number of nitriles is 1. The molecule has 1 aromatic carbocycles. The highest BCUT2D eigenvalue weighted by molar-refractivity contribution is 7.52. The Labute approximate surface area is 240 Å². The molecule has 0 bridgehead atoms. The fourth-order valence-electron chi connectivity index (χ4n) is 4.44. The van der Waals surface area contributed by atoms with Crippen molar-refractivity contribution in [2.45, 2.75) is 38.6 Å². The predicted molar refractivity (Wildman–Crippen MR) is 145 cm³/mol. The number of anilines is 1. The number of nitrogens with one attached hydrogen (secondary N) is 1. The minimum absolute atomic E-state index is 0.0192. The van der Waals surface area contributed by atoms with E-state index in [9.17, 15) is 19.4 Å². The smallest absolute Gasteiger partial charge is 0.459 e. The van der Waals surface area contributed by atoms with Crippen LogP contribution in [-0.4, -0.2) is 71.5 Å². The molecule has 224 valence electrons. The van der Waals surface area contributed by atoms with Gasteiger partial charge < -0.3 is 29.2 Å². The van der Waals surface area contributed by atoms with Gasteiger partial charge in [0, 0.05) is 0 Å². The quantitative estimate of drug-likeness (QED) is 0.238. The molecular formula is C25H30N7O9P. The molecule has 5 atom stereocenters. The van der Waals surface area contributed by atoms with E-state index < -0.39 is 43.5 Å². The van der Waals surface area contributed by atoms with Gasteiger partial charge in [-0.2, -0.15) is 20.3 Å². The molecule has 0 radical (unpaired) electrons. The first-order valence-corrected chi connectivity index (χ1v) is 14.1. The van der Waals surface area contributed by atoms with E-state index in [-0.39, 0.29) is 41.8 Å². The van der Waals surface area contributed by atoms with Gasteiger partial charge in [-0.05, 0) is 32.4 Å². The van der Waals surface area contributed by atoms with Crippen molar-refractivity contribution in [2.24, 2.45) is 5.41 Å². The minimum Gasteiger partial charge on any atom is -0.479 e. The van der Waals surface area contributed by atoms with Crippen LogP contribution in [0.1, 0.15) is 36.9 Å². The number of ether oxygens (including phenoxy) is 4. The van der Waals surface area contributed by atoms with Crippen LogP contribution in [0.2, 0.25) is 0 Å². The number of hydrogen-bond acceptors (Lipinski definition) is 14. The summed E-state index contributed by atoms with van der Waals surface area (Å²) in [5.41, 5.74) is 5.32. The summed E-state index contributed by atoms with van der Waals surface area (Å²) in [4.78, 5) is 36.9. The summed E-state index contributed by atoms with van der Waals surface area (Å²) in [6.07, 6.45) is -0.0949. The zero-order chi connectivity index (χ0) is 30.7. The zero-order valence-corrected chi connectivity index (χ0v) is 24.4. The van der Waals surface area contributed by atoms with Gasteiger partial charge in [0.05, 0.1) is 46.4 Å². The maximum absolute atomic E-state index is 14.0.